The molecule has 112 valence electrons. The van der Waals surface area contributed by atoms with Gasteiger partial charge in [0, 0.05) is 31.5 Å². The van der Waals surface area contributed by atoms with Gasteiger partial charge >= 0.3 is 0 Å². The van der Waals surface area contributed by atoms with Crippen LogP contribution in [0.15, 0.2) is 36.9 Å². The Balaban J connectivity index is 1.43. The van der Waals surface area contributed by atoms with Crippen molar-refractivity contribution in [2.45, 2.75) is 38.4 Å². The lowest BCUT2D eigenvalue weighted by atomic mass is 10.2. The predicted octanol–water partition coefficient (Wildman–Crippen LogP) is 2.74. The maximum atomic E-state index is 13.9. The van der Waals surface area contributed by atoms with Crippen molar-refractivity contribution in [2.24, 2.45) is 0 Å². The van der Waals surface area contributed by atoms with E-state index in [4.69, 9.17) is 4.74 Å². The van der Waals surface area contributed by atoms with Crippen LogP contribution in [0.5, 0.6) is 5.75 Å². The van der Waals surface area contributed by atoms with E-state index in [2.05, 4.69) is 10.3 Å². The van der Waals surface area contributed by atoms with Crippen molar-refractivity contribution in [3.05, 3.63) is 48.3 Å². The molecule has 5 heteroatoms. The Labute approximate surface area is 124 Å². The van der Waals surface area contributed by atoms with Gasteiger partial charge in [0.15, 0.2) is 11.6 Å². The van der Waals surface area contributed by atoms with Crippen LogP contribution in [0.2, 0.25) is 0 Å². The highest BCUT2D eigenvalue weighted by Crippen LogP contribution is 2.21. The Kier molecular flexibility index (Phi) is 4.50. The largest absolute Gasteiger partial charge is 0.490 e. The quantitative estimate of drug-likeness (QED) is 0.760. The third-order valence-corrected chi connectivity index (χ3v) is 3.55. The molecule has 1 N–H and O–H groups in total. The molecule has 0 amide bonds. The molecular weight excluding hydrogens is 269 g/mol. The summed E-state index contributed by atoms with van der Waals surface area (Å²) in [5.74, 6) is 0.0449. The second-order valence-electron chi connectivity index (χ2n) is 5.42. The molecule has 1 aromatic carbocycles. The second kappa shape index (κ2) is 6.72. The lowest BCUT2D eigenvalue weighted by molar-refractivity contribution is 0.287. The summed E-state index contributed by atoms with van der Waals surface area (Å²) in [7, 11) is 0. The zero-order valence-corrected chi connectivity index (χ0v) is 12.0. The smallest absolute Gasteiger partial charge is 0.165 e. The first-order valence-corrected chi connectivity index (χ1v) is 7.41. The molecule has 1 fully saturated rings. The molecule has 0 saturated heterocycles. The number of aromatic nitrogens is 2. The Morgan fingerprint density at radius 3 is 3.00 bits per heavy atom. The van der Waals surface area contributed by atoms with Gasteiger partial charge in [-0.05, 0) is 37.0 Å². The Hall–Kier alpha value is -1.88. The summed E-state index contributed by atoms with van der Waals surface area (Å²) in [6.45, 7) is 2.04. The molecule has 3 rings (SSSR count). The lowest BCUT2D eigenvalue weighted by Gasteiger charge is -2.09. The molecular formula is C16H20FN3O. The van der Waals surface area contributed by atoms with E-state index in [1.165, 1.54) is 12.8 Å². The summed E-state index contributed by atoms with van der Waals surface area (Å²) in [5, 5.41) is 3.37. The molecule has 1 saturated carbocycles. The van der Waals surface area contributed by atoms with Gasteiger partial charge in [-0.3, -0.25) is 0 Å². The first-order chi connectivity index (χ1) is 10.3. The van der Waals surface area contributed by atoms with Crippen LogP contribution in [-0.2, 0) is 13.1 Å². The van der Waals surface area contributed by atoms with E-state index >= 15 is 0 Å². The first kappa shape index (κ1) is 14.1. The summed E-state index contributed by atoms with van der Waals surface area (Å²) >= 11 is 0. The van der Waals surface area contributed by atoms with Crippen molar-refractivity contribution in [3.63, 3.8) is 0 Å². The number of halogens is 1. The third kappa shape index (κ3) is 4.29. The Morgan fingerprint density at radius 2 is 2.29 bits per heavy atom. The van der Waals surface area contributed by atoms with Gasteiger partial charge in [-0.2, -0.15) is 0 Å². The van der Waals surface area contributed by atoms with Crippen LogP contribution in [0, 0.1) is 5.82 Å². The molecule has 1 aromatic heterocycles. The van der Waals surface area contributed by atoms with Crippen molar-refractivity contribution in [3.8, 4) is 5.75 Å². The van der Waals surface area contributed by atoms with Gasteiger partial charge in [-0.1, -0.05) is 6.07 Å². The number of nitrogens with one attached hydrogen (secondary N) is 1. The predicted molar refractivity (Wildman–Crippen MR) is 78.6 cm³/mol. The number of nitrogens with zero attached hydrogens (tertiary/aromatic N) is 2. The van der Waals surface area contributed by atoms with Crippen LogP contribution >= 0.6 is 0 Å². The second-order valence-corrected chi connectivity index (χ2v) is 5.42. The molecule has 0 unspecified atom stereocenters. The molecule has 0 spiro atoms. The van der Waals surface area contributed by atoms with Crippen LogP contribution in [0.4, 0.5) is 4.39 Å². The normalized spacial score (nSPS) is 14.3. The van der Waals surface area contributed by atoms with E-state index in [0.717, 1.165) is 25.1 Å². The fourth-order valence-corrected chi connectivity index (χ4v) is 2.17. The Bertz CT molecular complexity index is 567. The van der Waals surface area contributed by atoms with Gasteiger partial charge in [-0.15, -0.1) is 0 Å². The molecule has 0 aliphatic heterocycles. The van der Waals surface area contributed by atoms with Gasteiger partial charge in [-0.25, -0.2) is 9.37 Å². The SMILES string of the molecule is Fc1cc(CNC2CC2)ccc1OCCCn1ccnc1. The highest BCUT2D eigenvalue weighted by atomic mass is 19.1. The topological polar surface area (TPSA) is 39.1 Å². The number of aryl methyl sites for hydroxylation is 1. The van der Waals surface area contributed by atoms with Crippen LogP contribution in [0.3, 0.4) is 0 Å². The molecule has 1 aliphatic carbocycles. The zero-order valence-electron chi connectivity index (χ0n) is 12.0. The van der Waals surface area contributed by atoms with Crippen LogP contribution < -0.4 is 10.1 Å². The van der Waals surface area contributed by atoms with E-state index in [-0.39, 0.29) is 5.82 Å². The lowest BCUT2D eigenvalue weighted by Crippen LogP contribution is -2.15. The van der Waals surface area contributed by atoms with E-state index in [9.17, 15) is 4.39 Å². The van der Waals surface area contributed by atoms with Crippen LogP contribution in [-0.4, -0.2) is 22.2 Å². The average Bonchev–Trinajstić information content (AvgIpc) is 3.17. The number of benzene rings is 1. The standard InChI is InChI=1S/C16H20FN3O/c17-15-10-13(11-19-14-3-4-14)2-5-16(15)21-9-1-7-20-8-6-18-12-20/h2,5-6,8,10,12,14,19H,1,3-4,7,9,11H2. The number of ether oxygens (including phenoxy) is 1. The van der Waals surface area contributed by atoms with Gasteiger partial charge in [0.25, 0.3) is 0 Å². The van der Waals surface area contributed by atoms with E-state index in [0.29, 0.717) is 18.4 Å². The van der Waals surface area contributed by atoms with Crippen LogP contribution in [0.25, 0.3) is 0 Å². The highest BCUT2D eigenvalue weighted by Gasteiger charge is 2.20. The van der Waals surface area contributed by atoms with Gasteiger partial charge in [0.05, 0.1) is 12.9 Å². The summed E-state index contributed by atoms with van der Waals surface area (Å²) in [5.41, 5.74) is 0.963. The minimum atomic E-state index is -0.285. The summed E-state index contributed by atoms with van der Waals surface area (Å²) < 4.78 is 21.4. The summed E-state index contributed by atoms with van der Waals surface area (Å²) in [6.07, 6.45) is 8.71. The van der Waals surface area contributed by atoms with Crippen molar-refractivity contribution in [1.82, 2.24) is 14.9 Å². The minimum Gasteiger partial charge on any atom is -0.490 e. The van der Waals surface area contributed by atoms with Crippen molar-refractivity contribution in [2.75, 3.05) is 6.61 Å². The monoisotopic (exact) mass is 289 g/mol. The molecule has 1 heterocycles. The minimum absolute atomic E-state index is 0.285. The van der Waals surface area contributed by atoms with Crippen molar-refractivity contribution in [1.29, 1.82) is 0 Å². The molecule has 2 aromatic rings. The summed E-state index contributed by atoms with van der Waals surface area (Å²) in [6, 6.07) is 5.83. The third-order valence-electron chi connectivity index (χ3n) is 3.55. The fourth-order valence-electron chi connectivity index (χ4n) is 2.17. The maximum absolute atomic E-state index is 13.9. The summed E-state index contributed by atoms with van der Waals surface area (Å²) in [4.78, 5) is 3.97. The van der Waals surface area contributed by atoms with E-state index < -0.39 is 0 Å². The molecule has 21 heavy (non-hydrogen) atoms. The molecule has 1 aliphatic rings. The number of rotatable bonds is 8. The van der Waals surface area contributed by atoms with Gasteiger partial charge in [0.2, 0.25) is 0 Å². The fraction of sp³-hybridized carbons (Fsp3) is 0.438. The zero-order chi connectivity index (χ0) is 14.5. The molecule has 0 atom stereocenters. The average molecular weight is 289 g/mol. The number of hydrogen-bond acceptors (Lipinski definition) is 3. The van der Waals surface area contributed by atoms with Gasteiger partial charge < -0.3 is 14.6 Å². The van der Waals surface area contributed by atoms with E-state index in [1.807, 2.05) is 16.8 Å². The maximum Gasteiger partial charge on any atom is 0.165 e. The van der Waals surface area contributed by atoms with Crippen molar-refractivity contribution < 1.29 is 9.13 Å². The van der Waals surface area contributed by atoms with Crippen LogP contribution in [0.1, 0.15) is 24.8 Å². The Morgan fingerprint density at radius 1 is 1.38 bits per heavy atom. The molecule has 0 bridgehead atoms. The number of imidazole rings is 1. The van der Waals surface area contributed by atoms with Gasteiger partial charge in [0.1, 0.15) is 0 Å². The van der Waals surface area contributed by atoms with E-state index in [1.54, 1.807) is 24.7 Å². The highest BCUT2D eigenvalue weighted by molar-refractivity contribution is 5.29. The van der Waals surface area contributed by atoms with Crippen molar-refractivity contribution >= 4 is 0 Å². The molecule has 4 nitrogen and oxygen atoms in total. The first-order valence-electron chi connectivity index (χ1n) is 7.41. The molecule has 0 radical (unpaired) electrons. The number of hydrogen-bond donors (Lipinski definition) is 1.